The zero-order valence-electron chi connectivity index (χ0n) is 10.2. The summed E-state index contributed by atoms with van der Waals surface area (Å²) in [7, 11) is 0. The molecule has 1 aliphatic rings. The molecule has 0 aromatic rings. The number of hydrogen-bond donors (Lipinski definition) is 4. The summed E-state index contributed by atoms with van der Waals surface area (Å²) in [6.07, 6.45) is 2.62. The highest BCUT2D eigenvalue weighted by atomic mass is 16.4. The second kappa shape index (κ2) is 6.23. The molecule has 0 heterocycles. The predicted molar refractivity (Wildman–Crippen MR) is 62.1 cm³/mol. The van der Waals surface area contributed by atoms with Gasteiger partial charge in [0.1, 0.15) is 6.04 Å². The van der Waals surface area contributed by atoms with Crippen molar-refractivity contribution in [2.45, 2.75) is 44.7 Å². The maximum atomic E-state index is 11.5. The van der Waals surface area contributed by atoms with Crippen LogP contribution in [-0.4, -0.2) is 40.3 Å². The van der Waals surface area contributed by atoms with E-state index in [1.165, 1.54) is 0 Å². The topological polar surface area (TPSA) is 116 Å². The lowest BCUT2D eigenvalue weighted by atomic mass is 9.80. The van der Waals surface area contributed by atoms with E-state index in [0.29, 0.717) is 5.92 Å². The molecule has 0 radical (unpaired) electrons. The Morgan fingerprint density at radius 3 is 2.22 bits per heavy atom. The number of hydrogen-bond acceptors (Lipinski definition) is 3. The first-order valence-corrected chi connectivity index (χ1v) is 5.91. The highest BCUT2D eigenvalue weighted by Gasteiger charge is 2.27. The molecule has 1 fully saturated rings. The molecular weight excluding hydrogens is 240 g/mol. The van der Waals surface area contributed by atoms with E-state index in [-0.39, 0.29) is 6.04 Å². The van der Waals surface area contributed by atoms with Crippen LogP contribution in [0, 0.1) is 5.92 Å². The third-order valence-corrected chi connectivity index (χ3v) is 3.20. The first kappa shape index (κ1) is 14.3. The molecule has 0 aromatic heterocycles. The summed E-state index contributed by atoms with van der Waals surface area (Å²) in [5.41, 5.74) is 0. The van der Waals surface area contributed by atoms with Crippen molar-refractivity contribution in [1.29, 1.82) is 0 Å². The maximum absolute atomic E-state index is 11.5. The smallest absolute Gasteiger partial charge is 0.326 e. The molecule has 18 heavy (non-hydrogen) atoms. The fourth-order valence-electron chi connectivity index (χ4n) is 1.84. The second-order valence-corrected chi connectivity index (χ2v) is 4.59. The van der Waals surface area contributed by atoms with Crippen molar-refractivity contribution < 1.29 is 24.6 Å². The fraction of sp³-hybridized carbons (Fsp3) is 0.727. The first-order chi connectivity index (χ1) is 8.40. The Bertz CT molecular complexity index is 340. The van der Waals surface area contributed by atoms with Gasteiger partial charge < -0.3 is 20.8 Å². The van der Waals surface area contributed by atoms with Crippen LogP contribution in [0.1, 0.15) is 32.6 Å². The Labute approximate surface area is 105 Å². The first-order valence-electron chi connectivity index (χ1n) is 5.91. The monoisotopic (exact) mass is 258 g/mol. The number of rotatable bonds is 6. The normalized spacial score (nSPS) is 18.3. The van der Waals surface area contributed by atoms with Crippen molar-refractivity contribution in [3.8, 4) is 0 Å². The third kappa shape index (κ3) is 4.23. The average molecular weight is 258 g/mol. The Morgan fingerprint density at radius 2 is 1.83 bits per heavy atom. The van der Waals surface area contributed by atoms with Gasteiger partial charge in [-0.05, 0) is 25.7 Å². The summed E-state index contributed by atoms with van der Waals surface area (Å²) in [6.45, 7) is 1.86. The second-order valence-electron chi connectivity index (χ2n) is 4.59. The number of carboxylic acids is 2. The minimum absolute atomic E-state index is 0.0296. The molecule has 102 valence electrons. The van der Waals surface area contributed by atoms with E-state index in [9.17, 15) is 14.4 Å². The molecule has 1 unspecified atom stereocenters. The number of amides is 2. The number of carbonyl (C=O) groups excluding carboxylic acids is 1. The van der Waals surface area contributed by atoms with Crippen LogP contribution in [0.2, 0.25) is 0 Å². The lowest BCUT2D eigenvalue weighted by Gasteiger charge is -2.32. The zero-order chi connectivity index (χ0) is 13.7. The summed E-state index contributed by atoms with van der Waals surface area (Å²) < 4.78 is 0. The van der Waals surface area contributed by atoms with Crippen molar-refractivity contribution in [2.24, 2.45) is 5.92 Å². The standard InChI is InChI=1S/C11H18N2O5/c1-6(7-3-2-4-7)12-11(18)13-8(10(16)17)5-9(14)15/h6-8H,2-5H2,1H3,(H,14,15)(H,16,17)(H2,12,13,18)/t6?,8-/m0/s1. The van der Waals surface area contributed by atoms with Crippen LogP contribution >= 0.6 is 0 Å². The van der Waals surface area contributed by atoms with Gasteiger partial charge in [-0.3, -0.25) is 4.79 Å². The number of aliphatic carboxylic acids is 2. The molecular formula is C11H18N2O5. The number of carbonyl (C=O) groups is 3. The maximum Gasteiger partial charge on any atom is 0.326 e. The van der Waals surface area contributed by atoms with Gasteiger partial charge in [0.25, 0.3) is 0 Å². The molecule has 1 saturated carbocycles. The van der Waals surface area contributed by atoms with Gasteiger partial charge in [0.05, 0.1) is 6.42 Å². The molecule has 2 amide bonds. The van der Waals surface area contributed by atoms with Crippen LogP contribution in [0.25, 0.3) is 0 Å². The summed E-state index contributed by atoms with van der Waals surface area (Å²) in [4.78, 5) is 32.7. The van der Waals surface area contributed by atoms with Gasteiger partial charge >= 0.3 is 18.0 Å². The molecule has 0 bridgehead atoms. The zero-order valence-corrected chi connectivity index (χ0v) is 10.2. The Hall–Kier alpha value is -1.79. The van der Waals surface area contributed by atoms with E-state index in [4.69, 9.17) is 10.2 Å². The van der Waals surface area contributed by atoms with Crippen LogP contribution < -0.4 is 10.6 Å². The molecule has 4 N–H and O–H groups in total. The Morgan fingerprint density at radius 1 is 1.22 bits per heavy atom. The number of nitrogens with one attached hydrogen (secondary N) is 2. The van der Waals surface area contributed by atoms with Crippen LogP contribution in [0.3, 0.4) is 0 Å². The fourth-order valence-corrected chi connectivity index (χ4v) is 1.84. The van der Waals surface area contributed by atoms with Crippen LogP contribution in [-0.2, 0) is 9.59 Å². The summed E-state index contributed by atoms with van der Waals surface area (Å²) in [5.74, 6) is -2.20. The molecule has 7 heteroatoms. The van der Waals surface area contributed by atoms with Crippen molar-refractivity contribution in [1.82, 2.24) is 10.6 Å². The van der Waals surface area contributed by atoms with Gasteiger partial charge in [0.2, 0.25) is 0 Å². The Balaban J connectivity index is 2.40. The average Bonchev–Trinajstić information content (AvgIpc) is 2.11. The summed E-state index contributed by atoms with van der Waals surface area (Å²) in [6, 6.07) is -2.07. The van der Waals surface area contributed by atoms with E-state index in [0.717, 1.165) is 19.3 Å². The molecule has 7 nitrogen and oxygen atoms in total. The van der Waals surface area contributed by atoms with Gasteiger partial charge in [-0.25, -0.2) is 9.59 Å². The predicted octanol–water partition coefficient (Wildman–Crippen LogP) is 0.402. The van der Waals surface area contributed by atoms with Crippen LogP contribution in [0.15, 0.2) is 0 Å². The molecule has 0 aliphatic heterocycles. The van der Waals surface area contributed by atoms with Gasteiger partial charge in [-0.1, -0.05) is 6.42 Å². The van der Waals surface area contributed by atoms with Crippen LogP contribution in [0.5, 0.6) is 0 Å². The third-order valence-electron chi connectivity index (χ3n) is 3.20. The van der Waals surface area contributed by atoms with Crippen molar-refractivity contribution in [3.05, 3.63) is 0 Å². The van der Waals surface area contributed by atoms with E-state index in [1.807, 2.05) is 6.92 Å². The van der Waals surface area contributed by atoms with Gasteiger partial charge in [-0.15, -0.1) is 0 Å². The molecule has 0 saturated heterocycles. The number of urea groups is 1. The highest BCUT2D eigenvalue weighted by molar-refractivity contribution is 5.86. The van der Waals surface area contributed by atoms with Crippen LogP contribution in [0.4, 0.5) is 4.79 Å². The minimum Gasteiger partial charge on any atom is -0.481 e. The molecule has 1 aliphatic carbocycles. The lowest BCUT2D eigenvalue weighted by Crippen LogP contribution is -2.51. The van der Waals surface area contributed by atoms with Crippen molar-refractivity contribution in [3.63, 3.8) is 0 Å². The Kier molecular flexibility index (Phi) is 4.94. The highest BCUT2D eigenvalue weighted by Crippen LogP contribution is 2.29. The summed E-state index contributed by atoms with van der Waals surface area (Å²) in [5, 5.41) is 22.1. The van der Waals surface area contributed by atoms with Gasteiger partial charge in [0, 0.05) is 6.04 Å². The quantitative estimate of drug-likeness (QED) is 0.550. The summed E-state index contributed by atoms with van der Waals surface area (Å²) >= 11 is 0. The van der Waals surface area contributed by atoms with E-state index >= 15 is 0 Å². The van der Waals surface area contributed by atoms with Gasteiger partial charge in [-0.2, -0.15) is 0 Å². The SMILES string of the molecule is CC(NC(=O)N[C@@H](CC(=O)O)C(=O)O)C1CCC1. The van der Waals surface area contributed by atoms with E-state index in [1.54, 1.807) is 0 Å². The van der Waals surface area contributed by atoms with Crippen molar-refractivity contribution in [2.75, 3.05) is 0 Å². The van der Waals surface area contributed by atoms with Gasteiger partial charge in [0.15, 0.2) is 0 Å². The number of carboxylic acid groups (broad SMARTS) is 2. The van der Waals surface area contributed by atoms with E-state index in [2.05, 4.69) is 10.6 Å². The molecule has 2 atom stereocenters. The largest absolute Gasteiger partial charge is 0.481 e. The molecule has 0 aromatic carbocycles. The lowest BCUT2D eigenvalue weighted by molar-refractivity contribution is -0.145. The van der Waals surface area contributed by atoms with Crippen molar-refractivity contribution >= 4 is 18.0 Å². The molecule has 0 spiro atoms. The minimum atomic E-state index is -1.41. The van der Waals surface area contributed by atoms with E-state index < -0.39 is 30.4 Å². The molecule has 1 rings (SSSR count).